The maximum atomic E-state index is 12.1. The van der Waals surface area contributed by atoms with Crippen LogP contribution in [-0.4, -0.2) is 25.4 Å². The average molecular weight is 278 g/mol. The smallest absolute Gasteiger partial charge is 0.251 e. The second-order valence-corrected chi connectivity index (χ2v) is 5.32. The number of anilines is 1. The maximum absolute atomic E-state index is 12.1. The summed E-state index contributed by atoms with van der Waals surface area (Å²) in [5.74, 6) is 5.02. The van der Waals surface area contributed by atoms with E-state index in [0.29, 0.717) is 5.56 Å². The van der Waals surface area contributed by atoms with Gasteiger partial charge in [0, 0.05) is 19.2 Å². The van der Waals surface area contributed by atoms with E-state index < -0.39 is 5.41 Å². The standard InChI is InChI=1S/C14H22N4O2/c1-9-7-10(5-6-11(9)18-15)12(19)17-8-14(2,3)13(20)16-4/h5-7,18H,8,15H2,1-4H3,(H,16,20)(H,17,19). The third-order valence-corrected chi connectivity index (χ3v) is 3.18. The van der Waals surface area contributed by atoms with E-state index in [-0.39, 0.29) is 18.4 Å². The summed E-state index contributed by atoms with van der Waals surface area (Å²) >= 11 is 0. The highest BCUT2D eigenvalue weighted by Crippen LogP contribution is 2.16. The molecule has 0 saturated carbocycles. The molecule has 0 saturated heterocycles. The average Bonchev–Trinajstić information content (AvgIpc) is 2.43. The van der Waals surface area contributed by atoms with Crippen molar-refractivity contribution in [2.75, 3.05) is 19.0 Å². The lowest BCUT2D eigenvalue weighted by Gasteiger charge is -2.22. The van der Waals surface area contributed by atoms with E-state index in [0.717, 1.165) is 11.3 Å². The van der Waals surface area contributed by atoms with Gasteiger partial charge >= 0.3 is 0 Å². The number of rotatable bonds is 5. The zero-order valence-electron chi connectivity index (χ0n) is 12.3. The van der Waals surface area contributed by atoms with E-state index in [9.17, 15) is 9.59 Å². The lowest BCUT2D eigenvalue weighted by Crippen LogP contribution is -2.43. The van der Waals surface area contributed by atoms with Gasteiger partial charge in [-0.1, -0.05) is 0 Å². The SMILES string of the molecule is CNC(=O)C(C)(C)CNC(=O)c1ccc(NN)c(C)c1. The largest absolute Gasteiger partial charge is 0.359 e. The minimum atomic E-state index is -0.655. The van der Waals surface area contributed by atoms with Crippen molar-refractivity contribution in [2.45, 2.75) is 20.8 Å². The fraction of sp³-hybridized carbons (Fsp3) is 0.429. The van der Waals surface area contributed by atoms with Crippen molar-refractivity contribution in [1.29, 1.82) is 0 Å². The molecule has 1 aromatic carbocycles. The summed E-state index contributed by atoms with van der Waals surface area (Å²) in [6.45, 7) is 5.68. The van der Waals surface area contributed by atoms with E-state index in [1.807, 2.05) is 6.92 Å². The first-order valence-corrected chi connectivity index (χ1v) is 6.39. The summed E-state index contributed by atoms with van der Waals surface area (Å²) < 4.78 is 0. The van der Waals surface area contributed by atoms with Crippen LogP contribution in [0.15, 0.2) is 18.2 Å². The Kier molecular flexibility index (Phi) is 5.10. The number of carbonyl (C=O) groups excluding carboxylic acids is 2. The molecule has 1 aromatic rings. The molecule has 0 heterocycles. The number of hydrogen-bond acceptors (Lipinski definition) is 4. The predicted octanol–water partition coefficient (Wildman–Crippen LogP) is 0.783. The van der Waals surface area contributed by atoms with Crippen LogP contribution in [0.1, 0.15) is 29.8 Å². The Hall–Kier alpha value is -2.08. The molecule has 0 radical (unpaired) electrons. The summed E-state index contributed by atoms with van der Waals surface area (Å²) in [4.78, 5) is 23.7. The fourth-order valence-electron chi connectivity index (χ4n) is 1.79. The Morgan fingerprint density at radius 2 is 1.95 bits per heavy atom. The Labute approximate surface area is 119 Å². The van der Waals surface area contributed by atoms with E-state index in [1.165, 1.54) is 0 Å². The Bertz CT molecular complexity index is 512. The first-order valence-electron chi connectivity index (χ1n) is 6.39. The van der Waals surface area contributed by atoms with E-state index in [1.54, 1.807) is 39.1 Å². The van der Waals surface area contributed by atoms with Gasteiger partial charge in [0.25, 0.3) is 5.91 Å². The monoisotopic (exact) mass is 278 g/mol. The number of carbonyl (C=O) groups is 2. The fourth-order valence-corrected chi connectivity index (χ4v) is 1.79. The molecule has 20 heavy (non-hydrogen) atoms. The summed E-state index contributed by atoms with van der Waals surface area (Å²) in [6.07, 6.45) is 0. The highest BCUT2D eigenvalue weighted by Gasteiger charge is 2.27. The highest BCUT2D eigenvalue weighted by atomic mass is 16.2. The minimum absolute atomic E-state index is 0.114. The van der Waals surface area contributed by atoms with E-state index in [4.69, 9.17) is 5.84 Å². The van der Waals surface area contributed by atoms with Crippen LogP contribution in [0.2, 0.25) is 0 Å². The van der Waals surface area contributed by atoms with Gasteiger partial charge in [0.05, 0.1) is 11.1 Å². The number of nitrogens with two attached hydrogens (primary N) is 1. The van der Waals surface area contributed by atoms with Gasteiger partial charge in [0.2, 0.25) is 5.91 Å². The van der Waals surface area contributed by atoms with Crippen molar-refractivity contribution in [2.24, 2.45) is 11.3 Å². The second kappa shape index (κ2) is 6.38. The van der Waals surface area contributed by atoms with Gasteiger partial charge in [0.15, 0.2) is 0 Å². The van der Waals surface area contributed by atoms with Crippen molar-refractivity contribution in [1.82, 2.24) is 10.6 Å². The molecule has 0 aliphatic carbocycles. The maximum Gasteiger partial charge on any atom is 0.251 e. The van der Waals surface area contributed by atoms with Crippen LogP contribution in [0.3, 0.4) is 0 Å². The van der Waals surface area contributed by atoms with E-state index in [2.05, 4.69) is 16.1 Å². The highest BCUT2D eigenvalue weighted by molar-refractivity contribution is 5.95. The van der Waals surface area contributed by atoms with Gasteiger partial charge in [-0.25, -0.2) is 0 Å². The zero-order chi connectivity index (χ0) is 15.3. The zero-order valence-corrected chi connectivity index (χ0v) is 12.3. The molecule has 0 aromatic heterocycles. The summed E-state index contributed by atoms with van der Waals surface area (Å²) in [7, 11) is 1.58. The molecule has 0 aliphatic rings. The molecular weight excluding hydrogens is 256 g/mol. The second-order valence-electron chi connectivity index (χ2n) is 5.32. The predicted molar refractivity (Wildman–Crippen MR) is 79.2 cm³/mol. The minimum Gasteiger partial charge on any atom is -0.359 e. The molecule has 5 N–H and O–H groups in total. The number of nitrogen functional groups attached to an aromatic ring is 1. The Morgan fingerprint density at radius 3 is 2.45 bits per heavy atom. The number of amides is 2. The Morgan fingerprint density at radius 1 is 1.30 bits per heavy atom. The van der Waals surface area contributed by atoms with Crippen LogP contribution in [0.5, 0.6) is 0 Å². The van der Waals surface area contributed by atoms with Crippen LogP contribution >= 0.6 is 0 Å². The molecule has 110 valence electrons. The Balaban J connectivity index is 2.73. The lowest BCUT2D eigenvalue weighted by molar-refractivity contribution is -0.128. The van der Waals surface area contributed by atoms with Crippen molar-refractivity contribution < 1.29 is 9.59 Å². The molecule has 6 heteroatoms. The molecule has 0 fully saturated rings. The van der Waals surface area contributed by atoms with Gasteiger partial charge in [-0.05, 0) is 44.5 Å². The van der Waals surface area contributed by atoms with Gasteiger partial charge in [0.1, 0.15) is 0 Å². The first kappa shape index (κ1) is 16.0. The number of hydrazine groups is 1. The molecule has 2 amide bonds. The van der Waals surface area contributed by atoms with Crippen molar-refractivity contribution in [3.05, 3.63) is 29.3 Å². The molecular formula is C14H22N4O2. The molecule has 0 aliphatic heterocycles. The van der Waals surface area contributed by atoms with Gasteiger partial charge in [-0.15, -0.1) is 0 Å². The van der Waals surface area contributed by atoms with Crippen molar-refractivity contribution in [3.8, 4) is 0 Å². The van der Waals surface area contributed by atoms with Crippen LogP contribution in [0.25, 0.3) is 0 Å². The molecule has 6 nitrogen and oxygen atoms in total. The summed E-state index contributed by atoms with van der Waals surface area (Å²) in [6, 6.07) is 5.18. The van der Waals surface area contributed by atoms with Gasteiger partial charge in [-0.2, -0.15) is 0 Å². The summed E-state index contributed by atoms with van der Waals surface area (Å²) in [5.41, 5.74) is 4.09. The van der Waals surface area contributed by atoms with Crippen molar-refractivity contribution >= 4 is 17.5 Å². The first-order chi connectivity index (χ1) is 9.31. The van der Waals surface area contributed by atoms with Gasteiger partial charge < -0.3 is 16.1 Å². The lowest BCUT2D eigenvalue weighted by atomic mass is 9.92. The number of benzene rings is 1. The molecule has 0 unspecified atom stereocenters. The summed E-state index contributed by atoms with van der Waals surface area (Å²) in [5, 5.41) is 5.35. The van der Waals surface area contributed by atoms with Crippen LogP contribution in [0.4, 0.5) is 5.69 Å². The van der Waals surface area contributed by atoms with Crippen LogP contribution in [0, 0.1) is 12.3 Å². The van der Waals surface area contributed by atoms with Crippen LogP contribution in [-0.2, 0) is 4.79 Å². The molecule has 0 bridgehead atoms. The van der Waals surface area contributed by atoms with Crippen molar-refractivity contribution in [3.63, 3.8) is 0 Å². The quantitative estimate of drug-likeness (QED) is 0.473. The van der Waals surface area contributed by atoms with Gasteiger partial charge in [-0.3, -0.25) is 15.4 Å². The number of hydrogen-bond donors (Lipinski definition) is 4. The van der Waals surface area contributed by atoms with E-state index >= 15 is 0 Å². The third kappa shape index (κ3) is 3.71. The third-order valence-electron chi connectivity index (χ3n) is 3.18. The molecule has 0 spiro atoms. The number of nitrogens with one attached hydrogen (secondary N) is 3. The topological polar surface area (TPSA) is 96.2 Å². The normalized spacial score (nSPS) is 10.8. The molecule has 0 atom stereocenters. The van der Waals surface area contributed by atoms with Crippen LogP contribution < -0.4 is 21.9 Å². The number of aryl methyl sites for hydroxylation is 1. The molecule has 1 rings (SSSR count).